The molecule has 0 aromatic heterocycles. The summed E-state index contributed by atoms with van der Waals surface area (Å²) in [6.45, 7) is 0.188. The van der Waals surface area contributed by atoms with Crippen LogP contribution in [0, 0.1) is 0 Å². The van der Waals surface area contributed by atoms with E-state index in [0.717, 1.165) is 5.75 Å². The molecule has 0 aliphatic rings. The van der Waals surface area contributed by atoms with Crippen LogP contribution in [-0.4, -0.2) is 13.3 Å². The standard InChI is InChI=1S/C7H9O2P.C2H3F3/c1-8-10-9-7-5-3-2-4-6-7;1-2(3,4)5/h2-6,10H,1H3;1H3. The topological polar surface area (TPSA) is 18.5 Å². The molecule has 0 saturated heterocycles. The van der Waals surface area contributed by atoms with E-state index < -0.39 is 6.18 Å². The third kappa shape index (κ3) is 13.2. The lowest BCUT2D eigenvalue weighted by Gasteiger charge is -2.00. The third-order valence-corrected chi connectivity index (χ3v) is 1.47. The summed E-state index contributed by atoms with van der Waals surface area (Å²) in [6.07, 6.45) is -4.00. The molecule has 1 atom stereocenters. The van der Waals surface area contributed by atoms with Crippen LogP contribution < -0.4 is 4.52 Å². The Kier molecular flexibility index (Phi) is 7.09. The van der Waals surface area contributed by atoms with Crippen LogP contribution in [0.2, 0.25) is 0 Å². The van der Waals surface area contributed by atoms with Crippen molar-refractivity contribution in [2.24, 2.45) is 0 Å². The van der Waals surface area contributed by atoms with Crippen LogP contribution in [-0.2, 0) is 4.52 Å². The minimum atomic E-state index is -4.00. The second kappa shape index (κ2) is 7.49. The van der Waals surface area contributed by atoms with Gasteiger partial charge in [0.05, 0.1) is 0 Å². The third-order valence-electron chi connectivity index (χ3n) is 0.986. The van der Waals surface area contributed by atoms with Gasteiger partial charge in [-0.25, -0.2) is 0 Å². The molecule has 0 spiro atoms. The summed E-state index contributed by atoms with van der Waals surface area (Å²) in [6, 6.07) is 9.59. The molecule has 2 nitrogen and oxygen atoms in total. The highest BCUT2D eigenvalue weighted by molar-refractivity contribution is 7.26. The summed E-state index contributed by atoms with van der Waals surface area (Å²) in [4.78, 5) is 0. The SMILES string of the molecule is CC(F)(F)F.COPOc1ccccc1. The Morgan fingerprint density at radius 3 is 2.00 bits per heavy atom. The van der Waals surface area contributed by atoms with Crippen LogP contribution >= 0.6 is 9.03 Å². The summed E-state index contributed by atoms with van der Waals surface area (Å²) in [7, 11) is 1.70. The van der Waals surface area contributed by atoms with Gasteiger partial charge in [-0.05, 0) is 12.1 Å². The molecule has 0 aliphatic carbocycles. The molecule has 0 amide bonds. The van der Waals surface area contributed by atoms with E-state index in [1.54, 1.807) is 7.11 Å². The van der Waals surface area contributed by atoms with Crippen molar-refractivity contribution >= 4 is 9.03 Å². The quantitative estimate of drug-likeness (QED) is 0.748. The first kappa shape index (κ1) is 14.2. The van der Waals surface area contributed by atoms with E-state index in [4.69, 9.17) is 9.05 Å². The first-order chi connectivity index (χ1) is 6.93. The number of hydrogen-bond donors (Lipinski definition) is 0. The van der Waals surface area contributed by atoms with Crippen molar-refractivity contribution < 1.29 is 22.2 Å². The van der Waals surface area contributed by atoms with Gasteiger partial charge >= 0.3 is 6.18 Å². The summed E-state index contributed by atoms with van der Waals surface area (Å²) in [5.41, 5.74) is 0. The van der Waals surface area contributed by atoms with Gasteiger partial charge in [-0.1, -0.05) is 18.2 Å². The lowest BCUT2D eigenvalue weighted by Crippen LogP contribution is -1.95. The maximum absolute atomic E-state index is 10.4. The zero-order valence-electron chi connectivity index (χ0n) is 8.34. The molecule has 0 radical (unpaired) electrons. The second-order valence-electron chi connectivity index (χ2n) is 2.48. The molecule has 1 aromatic rings. The largest absolute Gasteiger partial charge is 0.450 e. The van der Waals surface area contributed by atoms with E-state index in [0.29, 0.717) is 0 Å². The average Bonchev–Trinajstić information content (AvgIpc) is 2.14. The fraction of sp³-hybridized carbons (Fsp3) is 0.333. The fourth-order valence-electron chi connectivity index (χ4n) is 0.578. The summed E-state index contributed by atoms with van der Waals surface area (Å²) >= 11 is 0. The minimum Gasteiger partial charge on any atom is -0.450 e. The van der Waals surface area contributed by atoms with Crippen molar-refractivity contribution in [1.82, 2.24) is 0 Å². The van der Waals surface area contributed by atoms with E-state index in [9.17, 15) is 13.2 Å². The predicted octanol–water partition coefficient (Wildman–Crippen LogP) is 3.79. The molecular formula is C9H12F3O2P. The van der Waals surface area contributed by atoms with Gasteiger partial charge in [-0.3, -0.25) is 0 Å². The molecule has 0 aliphatic heterocycles. The van der Waals surface area contributed by atoms with Gasteiger partial charge in [0.2, 0.25) is 9.03 Å². The van der Waals surface area contributed by atoms with Crippen molar-refractivity contribution in [1.29, 1.82) is 0 Å². The van der Waals surface area contributed by atoms with Gasteiger partial charge in [0.15, 0.2) is 0 Å². The Morgan fingerprint density at radius 2 is 1.60 bits per heavy atom. The Balaban J connectivity index is 0.000000336. The maximum atomic E-state index is 10.4. The molecule has 0 heterocycles. The predicted molar refractivity (Wildman–Crippen MR) is 54.1 cm³/mol. The van der Waals surface area contributed by atoms with Crippen LogP contribution in [0.3, 0.4) is 0 Å². The van der Waals surface area contributed by atoms with E-state index in [-0.39, 0.29) is 16.0 Å². The van der Waals surface area contributed by atoms with Crippen LogP contribution in [0.4, 0.5) is 13.2 Å². The fourth-order valence-corrected chi connectivity index (χ4v) is 0.894. The minimum absolute atomic E-state index is 0.0923. The molecule has 6 heteroatoms. The summed E-state index contributed by atoms with van der Waals surface area (Å²) < 4.78 is 41.0. The smallest absolute Gasteiger partial charge is 0.386 e. The van der Waals surface area contributed by atoms with E-state index in [2.05, 4.69) is 0 Å². The summed E-state index contributed by atoms with van der Waals surface area (Å²) in [5, 5.41) is 0. The molecule has 0 N–H and O–H groups in total. The van der Waals surface area contributed by atoms with Crippen molar-refractivity contribution in [3.8, 4) is 5.75 Å². The number of hydrogen-bond acceptors (Lipinski definition) is 2. The second-order valence-corrected chi connectivity index (χ2v) is 3.26. The zero-order chi connectivity index (χ0) is 11.7. The number of rotatable bonds is 3. The number of halogens is 3. The van der Waals surface area contributed by atoms with Crippen LogP contribution in [0.25, 0.3) is 0 Å². The monoisotopic (exact) mass is 240 g/mol. The van der Waals surface area contributed by atoms with Crippen molar-refractivity contribution in [3.05, 3.63) is 30.3 Å². The molecule has 15 heavy (non-hydrogen) atoms. The Hall–Kier alpha value is -0.800. The van der Waals surface area contributed by atoms with E-state index in [1.165, 1.54) is 0 Å². The van der Waals surface area contributed by atoms with E-state index in [1.807, 2.05) is 30.3 Å². The first-order valence-corrected chi connectivity index (χ1v) is 4.81. The van der Waals surface area contributed by atoms with Gasteiger partial charge in [0, 0.05) is 14.0 Å². The zero-order valence-corrected chi connectivity index (χ0v) is 9.34. The number of para-hydroxylation sites is 1. The van der Waals surface area contributed by atoms with Crippen LogP contribution in [0.15, 0.2) is 30.3 Å². The molecule has 1 aromatic carbocycles. The molecule has 1 unspecified atom stereocenters. The highest BCUT2D eigenvalue weighted by Crippen LogP contribution is 2.19. The number of benzene rings is 1. The highest BCUT2D eigenvalue weighted by Gasteiger charge is 2.15. The Labute approximate surface area is 88.3 Å². The van der Waals surface area contributed by atoms with Crippen LogP contribution in [0.5, 0.6) is 5.75 Å². The lowest BCUT2D eigenvalue weighted by molar-refractivity contribution is -0.110. The van der Waals surface area contributed by atoms with Gasteiger partial charge in [0.1, 0.15) is 5.75 Å². The van der Waals surface area contributed by atoms with Gasteiger partial charge in [-0.15, -0.1) is 0 Å². The van der Waals surface area contributed by atoms with Crippen molar-refractivity contribution in [2.75, 3.05) is 7.11 Å². The van der Waals surface area contributed by atoms with E-state index >= 15 is 0 Å². The Morgan fingerprint density at radius 1 is 1.13 bits per heavy atom. The Bertz CT molecular complexity index is 245. The van der Waals surface area contributed by atoms with Gasteiger partial charge < -0.3 is 9.05 Å². The average molecular weight is 240 g/mol. The van der Waals surface area contributed by atoms with Gasteiger partial charge in [0.25, 0.3) is 0 Å². The number of alkyl halides is 3. The molecule has 86 valence electrons. The van der Waals surface area contributed by atoms with Crippen LogP contribution in [0.1, 0.15) is 6.92 Å². The maximum Gasteiger partial charge on any atom is 0.386 e. The molecular weight excluding hydrogens is 228 g/mol. The first-order valence-electron chi connectivity index (χ1n) is 4.00. The van der Waals surface area contributed by atoms with Crippen molar-refractivity contribution in [2.45, 2.75) is 13.1 Å². The molecule has 0 saturated carbocycles. The lowest BCUT2D eigenvalue weighted by atomic mass is 10.3. The summed E-state index contributed by atoms with van der Waals surface area (Å²) in [5.74, 6) is 0.850. The molecule has 1 rings (SSSR count). The molecule has 0 fully saturated rings. The highest BCUT2D eigenvalue weighted by atomic mass is 31.1. The molecule has 0 bridgehead atoms. The van der Waals surface area contributed by atoms with Crippen molar-refractivity contribution in [3.63, 3.8) is 0 Å². The normalized spacial score (nSPS) is 11.0. The van der Waals surface area contributed by atoms with Gasteiger partial charge in [-0.2, -0.15) is 13.2 Å².